The fraction of sp³-hybridized carbons (Fsp3) is 0.0323. The number of hydrogen-bond donors (Lipinski definition) is 2. The Hall–Kier alpha value is -5.35. The number of fused-ring (bicyclic) bond motifs is 1. The first-order valence-corrected chi connectivity index (χ1v) is 14.2. The van der Waals surface area contributed by atoms with Crippen molar-refractivity contribution in [1.29, 1.82) is 0 Å². The summed E-state index contributed by atoms with van der Waals surface area (Å²) in [5.41, 5.74) is 7.98. The van der Waals surface area contributed by atoms with Crippen LogP contribution in [-0.2, 0) is 9.84 Å². The van der Waals surface area contributed by atoms with Crippen LogP contribution in [0.3, 0.4) is 0 Å². The highest BCUT2D eigenvalue weighted by atomic mass is 32.2. The number of anilines is 3. The predicted octanol–water partition coefficient (Wildman–Crippen LogP) is 5.34. The molecule has 2 aromatic heterocycles. The quantitative estimate of drug-likeness (QED) is 0.251. The van der Waals surface area contributed by atoms with Gasteiger partial charge in [-0.3, -0.25) is 4.79 Å². The molecule has 41 heavy (non-hydrogen) atoms. The zero-order valence-electron chi connectivity index (χ0n) is 21.9. The van der Waals surface area contributed by atoms with Crippen LogP contribution in [0.5, 0.6) is 5.75 Å². The number of nitrogen functional groups attached to an aromatic ring is 1. The van der Waals surface area contributed by atoms with Crippen molar-refractivity contribution in [2.75, 3.05) is 18.2 Å². The lowest BCUT2D eigenvalue weighted by atomic mass is 10.2. The van der Waals surface area contributed by atoms with Gasteiger partial charge in [0.2, 0.25) is 9.84 Å². The Kier molecular flexibility index (Phi) is 6.52. The van der Waals surface area contributed by atoms with E-state index in [9.17, 15) is 13.2 Å². The third kappa shape index (κ3) is 4.70. The molecule has 3 N–H and O–H groups in total. The van der Waals surface area contributed by atoms with Crippen molar-refractivity contribution in [3.63, 3.8) is 0 Å². The van der Waals surface area contributed by atoms with Crippen LogP contribution >= 0.6 is 0 Å². The van der Waals surface area contributed by atoms with Crippen molar-refractivity contribution < 1.29 is 13.2 Å². The van der Waals surface area contributed by atoms with Crippen LogP contribution in [-0.4, -0.2) is 29.9 Å². The van der Waals surface area contributed by atoms with Gasteiger partial charge in [0.25, 0.3) is 5.56 Å². The molecule has 0 bridgehead atoms. The van der Waals surface area contributed by atoms with E-state index in [2.05, 4.69) is 10.3 Å². The van der Waals surface area contributed by atoms with E-state index in [1.807, 2.05) is 36.4 Å². The number of nitrogens with zero attached hydrogens (tertiary/aromatic N) is 3. The molecule has 0 fully saturated rings. The second-order valence-corrected chi connectivity index (χ2v) is 11.2. The Bertz CT molecular complexity index is 2040. The molecule has 0 aliphatic heterocycles. The van der Waals surface area contributed by atoms with Crippen LogP contribution in [0.1, 0.15) is 0 Å². The molecule has 2 heterocycles. The first kappa shape index (κ1) is 25.9. The number of sulfone groups is 1. The summed E-state index contributed by atoms with van der Waals surface area (Å²) < 4.78 is 36.9. The Morgan fingerprint density at radius 1 is 0.805 bits per heavy atom. The van der Waals surface area contributed by atoms with Crippen molar-refractivity contribution in [3.8, 4) is 17.1 Å². The second-order valence-electron chi connectivity index (χ2n) is 9.25. The van der Waals surface area contributed by atoms with Gasteiger partial charge in [0.15, 0.2) is 0 Å². The van der Waals surface area contributed by atoms with Crippen LogP contribution in [0.15, 0.2) is 130 Å². The molecule has 0 amide bonds. The van der Waals surface area contributed by atoms with Gasteiger partial charge in [-0.15, -0.1) is 0 Å². The average molecular weight is 564 g/mol. The van der Waals surface area contributed by atoms with Crippen LogP contribution in [0.2, 0.25) is 0 Å². The van der Waals surface area contributed by atoms with Crippen molar-refractivity contribution in [2.45, 2.75) is 9.79 Å². The van der Waals surface area contributed by atoms with Gasteiger partial charge in [-0.2, -0.15) is 0 Å². The zero-order valence-corrected chi connectivity index (χ0v) is 22.7. The number of hydrogen-bond acceptors (Lipinski definition) is 7. The number of nitrogens with one attached hydrogen (secondary N) is 1. The smallest absolute Gasteiger partial charge is 0.280 e. The van der Waals surface area contributed by atoms with Gasteiger partial charge in [0.1, 0.15) is 11.6 Å². The highest BCUT2D eigenvalue weighted by Crippen LogP contribution is 2.34. The number of nitrogens with two attached hydrogens (primary N) is 1. The molecular formula is C31H25N5O4S. The molecule has 0 unspecified atom stereocenters. The average Bonchev–Trinajstić information content (AvgIpc) is 3.29. The lowest BCUT2D eigenvalue weighted by molar-refractivity contribution is 0.413. The Balaban J connectivity index is 1.73. The monoisotopic (exact) mass is 563 g/mol. The Labute approximate surface area is 236 Å². The maximum absolute atomic E-state index is 14.3. The zero-order chi connectivity index (χ0) is 28.6. The fourth-order valence-corrected chi connectivity index (χ4v) is 6.25. The molecule has 0 radical (unpaired) electrons. The van der Waals surface area contributed by atoms with Crippen LogP contribution in [0, 0.1) is 0 Å². The molecule has 6 rings (SSSR count). The van der Waals surface area contributed by atoms with E-state index < -0.39 is 15.4 Å². The number of pyridine rings is 1. The SMILES string of the molecule is COc1cccc(S(=O)(=O)c2cc(Nc3ccccn3)cc3c2c(=O)n(-c2ccc(N)cc2)n3-c2ccccc2)c1. The normalized spacial score (nSPS) is 11.4. The topological polar surface area (TPSA) is 121 Å². The highest BCUT2D eigenvalue weighted by Gasteiger charge is 2.28. The Morgan fingerprint density at radius 3 is 2.24 bits per heavy atom. The molecule has 4 aromatic carbocycles. The Morgan fingerprint density at radius 2 is 1.54 bits per heavy atom. The summed E-state index contributed by atoms with van der Waals surface area (Å²) in [6.07, 6.45) is 1.63. The first-order chi connectivity index (χ1) is 19.9. The van der Waals surface area contributed by atoms with E-state index >= 15 is 0 Å². The summed E-state index contributed by atoms with van der Waals surface area (Å²) in [6, 6.07) is 30.9. The molecule has 0 aliphatic carbocycles. The van der Waals surface area contributed by atoms with Gasteiger partial charge in [0, 0.05) is 17.6 Å². The first-order valence-electron chi connectivity index (χ1n) is 12.7. The third-order valence-corrected chi connectivity index (χ3v) is 8.41. The standard InChI is InChI=1S/C31H25N5O4S/c1-40-25-10-7-11-26(20-25)41(38,39)28-19-22(34-29-12-5-6-17-33-29)18-27-30(28)31(37)36(24-15-13-21(32)14-16-24)35(27)23-8-3-2-4-9-23/h2-20H,32H2,1H3,(H,33,34). The molecule has 0 saturated heterocycles. The minimum Gasteiger partial charge on any atom is -0.497 e. The number of rotatable bonds is 7. The lowest BCUT2D eigenvalue weighted by Gasteiger charge is -2.14. The summed E-state index contributed by atoms with van der Waals surface area (Å²) in [4.78, 5) is 18.5. The second kappa shape index (κ2) is 10.3. The summed E-state index contributed by atoms with van der Waals surface area (Å²) in [7, 11) is -2.73. The van der Waals surface area contributed by atoms with E-state index in [4.69, 9.17) is 10.5 Å². The number of aromatic nitrogens is 3. The van der Waals surface area contributed by atoms with Crippen molar-refractivity contribution in [3.05, 3.63) is 126 Å². The van der Waals surface area contributed by atoms with Gasteiger partial charge in [-0.25, -0.2) is 22.8 Å². The van der Waals surface area contributed by atoms with E-state index in [0.29, 0.717) is 39.8 Å². The van der Waals surface area contributed by atoms with Gasteiger partial charge in [-0.1, -0.05) is 30.3 Å². The molecule has 9 nitrogen and oxygen atoms in total. The van der Waals surface area contributed by atoms with E-state index in [-0.39, 0.29) is 15.2 Å². The summed E-state index contributed by atoms with van der Waals surface area (Å²) in [5.74, 6) is 0.898. The van der Waals surface area contributed by atoms with E-state index in [1.54, 1.807) is 65.5 Å². The van der Waals surface area contributed by atoms with Crippen molar-refractivity contribution in [1.82, 2.24) is 14.3 Å². The number of benzene rings is 4. The number of para-hydroxylation sites is 1. The molecule has 0 atom stereocenters. The number of ether oxygens (including phenoxy) is 1. The van der Waals surface area contributed by atoms with E-state index in [1.165, 1.54) is 30.0 Å². The summed E-state index contributed by atoms with van der Waals surface area (Å²) in [5, 5.41) is 3.24. The van der Waals surface area contributed by atoms with Crippen LogP contribution in [0.4, 0.5) is 17.2 Å². The summed E-state index contributed by atoms with van der Waals surface area (Å²) in [6.45, 7) is 0. The summed E-state index contributed by atoms with van der Waals surface area (Å²) >= 11 is 0. The fourth-order valence-electron chi connectivity index (χ4n) is 4.72. The maximum atomic E-state index is 14.3. The van der Waals surface area contributed by atoms with Crippen LogP contribution in [0.25, 0.3) is 22.3 Å². The minimum absolute atomic E-state index is 0.000896. The third-order valence-electron chi connectivity index (χ3n) is 6.63. The maximum Gasteiger partial charge on any atom is 0.280 e. The number of methoxy groups -OCH3 is 1. The van der Waals surface area contributed by atoms with Gasteiger partial charge in [0.05, 0.1) is 39.2 Å². The molecule has 0 saturated carbocycles. The van der Waals surface area contributed by atoms with Crippen molar-refractivity contribution in [2.24, 2.45) is 0 Å². The molecule has 6 aromatic rings. The molecule has 0 aliphatic rings. The molecule has 0 spiro atoms. The highest BCUT2D eigenvalue weighted by molar-refractivity contribution is 7.91. The van der Waals surface area contributed by atoms with Gasteiger partial charge < -0.3 is 15.8 Å². The lowest BCUT2D eigenvalue weighted by Crippen LogP contribution is -2.20. The predicted molar refractivity (Wildman–Crippen MR) is 159 cm³/mol. The van der Waals surface area contributed by atoms with Gasteiger partial charge in [-0.05, 0) is 78.9 Å². The molecule has 10 heteroatoms. The van der Waals surface area contributed by atoms with Crippen LogP contribution < -0.4 is 21.3 Å². The van der Waals surface area contributed by atoms with Gasteiger partial charge >= 0.3 is 0 Å². The minimum atomic E-state index is -4.20. The van der Waals surface area contributed by atoms with E-state index in [0.717, 1.165) is 0 Å². The van der Waals surface area contributed by atoms with Crippen molar-refractivity contribution >= 4 is 37.9 Å². The molecule has 204 valence electrons. The largest absolute Gasteiger partial charge is 0.497 e. The molecular weight excluding hydrogens is 538 g/mol.